The molecule has 18 heavy (non-hydrogen) atoms. The van der Waals surface area contributed by atoms with E-state index >= 15 is 0 Å². The van der Waals surface area contributed by atoms with Crippen LogP contribution in [0.5, 0.6) is 0 Å². The second-order valence-electron chi connectivity index (χ2n) is 7.61. The van der Waals surface area contributed by atoms with Gasteiger partial charge in [-0.05, 0) is 46.9 Å². The van der Waals surface area contributed by atoms with Crippen LogP contribution in [0.3, 0.4) is 0 Å². The van der Waals surface area contributed by atoms with Gasteiger partial charge in [0.1, 0.15) is 7.17 Å². The summed E-state index contributed by atoms with van der Waals surface area (Å²) in [4.78, 5) is 0. The average Bonchev–Trinajstić information content (AvgIpc) is 2.45. The van der Waals surface area contributed by atoms with E-state index in [1.54, 1.807) is 0 Å². The van der Waals surface area contributed by atoms with Crippen LogP contribution in [0.25, 0.3) is 0 Å². The van der Waals surface area contributed by atoms with Crippen LogP contribution in [-0.4, -0.2) is 37.7 Å². The van der Waals surface area contributed by atoms with Crippen molar-refractivity contribution in [3.63, 3.8) is 0 Å². The van der Waals surface area contributed by atoms with Gasteiger partial charge in [-0.15, -0.1) is 0 Å². The van der Waals surface area contributed by atoms with E-state index in [0.717, 1.165) is 0 Å². The smallest absolute Gasteiger partial charge is 0.435 e. The Morgan fingerprint density at radius 3 is 1.44 bits per heavy atom. The second kappa shape index (κ2) is 3.80. The van der Waals surface area contributed by atoms with Gasteiger partial charge in [0.05, 0.1) is 11.2 Å². The Labute approximate surface area is 113 Å². The zero-order valence-electron chi connectivity index (χ0n) is 13.0. The van der Waals surface area contributed by atoms with E-state index in [9.17, 15) is 0 Å². The molecule has 2 rings (SSSR count). The molecule has 0 amide bonds. The van der Waals surface area contributed by atoms with E-state index in [1.807, 2.05) is 0 Å². The highest BCUT2D eigenvalue weighted by Gasteiger charge is 2.61. The molecule has 0 unspecified atom stereocenters. The van der Waals surface area contributed by atoms with E-state index in [4.69, 9.17) is 14.0 Å². The first-order valence-electron chi connectivity index (χ1n) is 6.77. The van der Waals surface area contributed by atoms with Gasteiger partial charge in [0.15, 0.2) is 0 Å². The minimum absolute atomic E-state index is 0.0151. The van der Waals surface area contributed by atoms with E-state index < -0.39 is 0 Å². The maximum Gasteiger partial charge on any atom is 0.435 e. The minimum Gasteiger partial charge on any atom is -0.442 e. The molecule has 0 bridgehead atoms. The number of hydrogen-bond donors (Lipinski definition) is 0. The van der Waals surface area contributed by atoms with Crippen LogP contribution in [-0.2, 0) is 14.0 Å². The van der Waals surface area contributed by atoms with Crippen LogP contribution < -0.4 is 0 Å². The van der Waals surface area contributed by atoms with Crippen molar-refractivity contribution >= 4 is 20.9 Å². The summed E-state index contributed by atoms with van der Waals surface area (Å²) in [5, 5.41) is 0.0151. The number of rotatable bonds is 1. The Hall–Kier alpha value is 0.0748. The lowest BCUT2D eigenvalue weighted by Crippen LogP contribution is -2.44. The number of hydrogen-bond acceptors (Lipinski definition) is 3. The van der Waals surface area contributed by atoms with E-state index in [0.29, 0.717) is 0 Å². The molecule has 2 aliphatic rings. The summed E-state index contributed by atoms with van der Waals surface area (Å²) >= 11 is 0. The molecule has 6 heteroatoms. The van der Waals surface area contributed by atoms with Gasteiger partial charge in [-0.3, -0.25) is 0 Å². The predicted molar refractivity (Wildman–Crippen MR) is 76.8 cm³/mol. The Kier molecular flexibility index (Phi) is 3.06. The summed E-state index contributed by atoms with van der Waals surface area (Å²) < 4.78 is 18.2. The molecule has 2 saturated heterocycles. The molecule has 0 aliphatic carbocycles. The maximum atomic E-state index is 6.13. The van der Waals surface area contributed by atoms with Crippen molar-refractivity contribution in [1.82, 2.24) is 0 Å². The second-order valence-corrected chi connectivity index (χ2v) is 7.61. The molecule has 0 spiro atoms. The van der Waals surface area contributed by atoms with Crippen LogP contribution in [0.1, 0.15) is 55.4 Å². The highest BCUT2D eigenvalue weighted by atomic mass is 16.7. The normalized spacial score (nSPS) is 31.6. The molecule has 0 aromatic carbocycles. The maximum absolute atomic E-state index is 6.13. The SMILES string of the molecule is CC1(C)[B]B(B2OC(C)(C)C(C)(C)O2)OC1(C)C. The third kappa shape index (κ3) is 2.06. The third-order valence-corrected chi connectivity index (χ3v) is 5.10. The van der Waals surface area contributed by atoms with E-state index in [2.05, 4.69) is 62.6 Å². The lowest BCUT2D eigenvalue weighted by molar-refractivity contribution is 0.00578. The average molecular weight is 249 g/mol. The van der Waals surface area contributed by atoms with Gasteiger partial charge < -0.3 is 14.0 Å². The zero-order valence-corrected chi connectivity index (χ0v) is 13.0. The molecule has 1 radical (unpaired) electrons. The monoisotopic (exact) mass is 249 g/mol. The van der Waals surface area contributed by atoms with Crippen molar-refractivity contribution in [2.45, 2.75) is 77.5 Å². The van der Waals surface area contributed by atoms with Crippen molar-refractivity contribution in [2.24, 2.45) is 0 Å². The van der Waals surface area contributed by atoms with Gasteiger partial charge in [-0.1, -0.05) is 13.8 Å². The van der Waals surface area contributed by atoms with Crippen molar-refractivity contribution < 1.29 is 14.0 Å². The van der Waals surface area contributed by atoms with Crippen molar-refractivity contribution in [2.75, 3.05) is 0 Å². The molecule has 0 N–H and O–H groups in total. The lowest BCUT2D eigenvalue weighted by atomic mass is 9.11. The fraction of sp³-hybridized carbons (Fsp3) is 1.00. The zero-order chi connectivity index (χ0) is 14.0. The van der Waals surface area contributed by atoms with Crippen molar-refractivity contribution in [3.05, 3.63) is 0 Å². The highest BCUT2D eigenvalue weighted by Crippen LogP contribution is 2.47. The van der Waals surface area contributed by atoms with Gasteiger partial charge >= 0.3 is 7.01 Å². The standard InChI is InChI=1S/C12H24B3O3/c1-9(2)10(3,4)16-14(13-9)15-17-11(5,6)12(7,8)18-15/h1-8H3. The lowest BCUT2D eigenvalue weighted by Gasteiger charge is -2.35. The largest absolute Gasteiger partial charge is 0.442 e. The Morgan fingerprint density at radius 2 is 1.11 bits per heavy atom. The summed E-state index contributed by atoms with van der Waals surface area (Å²) in [6.07, 6.45) is 0. The summed E-state index contributed by atoms with van der Waals surface area (Å²) in [7, 11) is 1.91. The van der Waals surface area contributed by atoms with E-state index in [1.165, 1.54) is 0 Å². The molecule has 3 nitrogen and oxygen atoms in total. The topological polar surface area (TPSA) is 27.7 Å². The Morgan fingerprint density at radius 1 is 0.667 bits per heavy atom. The highest BCUT2D eigenvalue weighted by molar-refractivity contribution is 7.41. The molecular weight excluding hydrogens is 225 g/mol. The van der Waals surface area contributed by atoms with E-state index in [-0.39, 0.29) is 35.8 Å². The fourth-order valence-corrected chi connectivity index (χ4v) is 2.29. The molecule has 2 fully saturated rings. The van der Waals surface area contributed by atoms with Crippen LogP contribution >= 0.6 is 0 Å². The van der Waals surface area contributed by atoms with Crippen LogP contribution in [0.4, 0.5) is 0 Å². The Bertz CT molecular complexity index is 286. The van der Waals surface area contributed by atoms with Gasteiger partial charge in [-0.2, -0.15) is 0 Å². The first-order chi connectivity index (χ1) is 7.88. The van der Waals surface area contributed by atoms with Crippen LogP contribution in [0.15, 0.2) is 0 Å². The summed E-state index contributed by atoms with van der Waals surface area (Å²) in [5.41, 5.74) is -0.793. The third-order valence-electron chi connectivity index (χ3n) is 5.10. The van der Waals surface area contributed by atoms with Crippen molar-refractivity contribution in [3.8, 4) is 0 Å². The fourth-order valence-electron chi connectivity index (χ4n) is 2.29. The molecule has 2 heterocycles. The molecule has 0 aromatic heterocycles. The molecule has 2 aliphatic heterocycles. The van der Waals surface area contributed by atoms with Crippen molar-refractivity contribution in [1.29, 1.82) is 0 Å². The molecule has 0 saturated carbocycles. The summed E-state index contributed by atoms with van der Waals surface area (Å²) in [5.74, 6) is 0. The van der Waals surface area contributed by atoms with Gasteiger partial charge in [0, 0.05) is 5.60 Å². The Balaban J connectivity index is 2.14. The van der Waals surface area contributed by atoms with Crippen LogP contribution in [0.2, 0.25) is 5.31 Å². The predicted octanol–water partition coefficient (Wildman–Crippen LogP) is 2.36. The summed E-state index contributed by atoms with van der Waals surface area (Å²) in [6, 6.07) is 0. The quantitative estimate of drug-likeness (QED) is 0.667. The molecule has 99 valence electrons. The first kappa shape index (κ1) is 14.5. The molecular formula is C12H24B3O3. The van der Waals surface area contributed by atoms with Gasteiger partial charge in [-0.25, -0.2) is 0 Å². The molecule has 0 aromatic rings. The van der Waals surface area contributed by atoms with Gasteiger partial charge in [0.25, 0.3) is 6.70 Å². The minimum atomic E-state index is -0.309. The van der Waals surface area contributed by atoms with Crippen LogP contribution in [0, 0.1) is 0 Å². The molecule has 0 atom stereocenters. The van der Waals surface area contributed by atoms with Gasteiger partial charge in [0.2, 0.25) is 0 Å². The summed E-state index contributed by atoms with van der Waals surface area (Å²) in [6.45, 7) is 16.8. The first-order valence-corrected chi connectivity index (χ1v) is 6.77.